The van der Waals surface area contributed by atoms with E-state index in [2.05, 4.69) is 15.4 Å². The monoisotopic (exact) mass is 353 g/mol. The van der Waals surface area contributed by atoms with Crippen LogP contribution >= 0.6 is 24.0 Å². The van der Waals surface area contributed by atoms with Gasteiger partial charge in [-0.3, -0.25) is 4.79 Å². The van der Waals surface area contributed by atoms with Crippen molar-refractivity contribution in [3.8, 4) is 0 Å². The minimum absolute atomic E-state index is 0. The molecule has 1 aliphatic rings. The molecule has 0 saturated carbocycles. The molecule has 0 unspecified atom stereocenters. The Morgan fingerprint density at radius 1 is 1.33 bits per heavy atom. The van der Waals surface area contributed by atoms with Gasteiger partial charge in [0.2, 0.25) is 15.9 Å². The second-order valence-corrected chi connectivity index (χ2v) is 6.70. The van der Waals surface area contributed by atoms with Crippen LogP contribution in [0.2, 0.25) is 5.02 Å². The van der Waals surface area contributed by atoms with Crippen molar-refractivity contribution in [3.63, 3.8) is 0 Å². The fraction of sp³-hybridized carbons (Fsp3) is 0.417. The van der Waals surface area contributed by atoms with Crippen LogP contribution in [0.4, 0.5) is 0 Å². The number of nitrogens with one attached hydrogen (secondary N) is 3. The van der Waals surface area contributed by atoms with E-state index in [9.17, 15) is 13.2 Å². The third kappa shape index (κ3) is 5.12. The normalized spacial score (nSPS) is 14.9. The fourth-order valence-corrected chi connectivity index (χ4v) is 3.04. The Bertz CT molecular complexity index is 591. The highest BCUT2D eigenvalue weighted by molar-refractivity contribution is 7.89. The van der Waals surface area contributed by atoms with E-state index in [0.717, 1.165) is 0 Å². The number of carbonyl (C=O) groups is 1. The summed E-state index contributed by atoms with van der Waals surface area (Å²) in [5.41, 5.74) is 0. The molecule has 0 bridgehead atoms. The van der Waals surface area contributed by atoms with Crippen LogP contribution in [0.1, 0.15) is 0 Å². The Balaban J connectivity index is 0.00000220. The largest absolute Gasteiger partial charge is 0.354 e. The molecular formula is C12H17Cl2N3O3S. The molecule has 0 aliphatic carbocycles. The summed E-state index contributed by atoms with van der Waals surface area (Å²) in [5, 5.41) is 6.05. The quantitative estimate of drug-likeness (QED) is 0.645. The van der Waals surface area contributed by atoms with E-state index in [4.69, 9.17) is 11.6 Å². The Kier molecular flexibility index (Phi) is 6.89. The van der Waals surface area contributed by atoms with Gasteiger partial charge in [0.15, 0.2) is 0 Å². The average Bonchev–Trinajstić information content (AvgIpc) is 2.32. The summed E-state index contributed by atoms with van der Waals surface area (Å²) < 4.78 is 26.3. The van der Waals surface area contributed by atoms with Gasteiger partial charge in [-0.25, -0.2) is 13.1 Å². The van der Waals surface area contributed by atoms with Gasteiger partial charge >= 0.3 is 0 Å². The second-order valence-electron chi connectivity index (χ2n) is 4.50. The predicted molar refractivity (Wildman–Crippen MR) is 83.3 cm³/mol. The fourth-order valence-electron chi connectivity index (χ4n) is 1.71. The summed E-state index contributed by atoms with van der Waals surface area (Å²) in [5.74, 6) is -0.0507. The first-order valence-electron chi connectivity index (χ1n) is 6.23. The van der Waals surface area contributed by atoms with Gasteiger partial charge in [0.25, 0.3) is 0 Å². The first-order chi connectivity index (χ1) is 9.49. The lowest BCUT2D eigenvalue weighted by Crippen LogP contribution is -2.51. The molecule has 1 aromatic carbocycles. The van der Waals surface area contributed by atoms with Crippen LogP contribution in [-0.2, 0) is 14.8 Å². The smallest absolute Gasteiger partial charge is 0.240 e. The number of carbonyl (C=O) groups excluding carboxylic acids is 1. The molecule has 1 aliphatic heterocycles. The molecule has 0 aromatic heterocycles. The van der Waals surface area contributed by atoms with Crippen LogP contribution in [-0.4, -0.2) is 40.5 Å². The molecule has 1 fully saturated rings. The summed E-state index contributed by atoms with van der Waals surface area (Å²) in [4.78, 5) is 11.6. The molecule has 2 rings (SSSR count). The van der Waals surface area contributed by atoms with Crippen LogP contribution in [0.3, 0.4) is 0 Å². The molecular weight excluding hydrogens is 337 g/mol. The predicted octanol–water partition coefficient (Wildman–Crippen LogP) is 0.376. The molecule has 21 heavy (non-hydrogen) atoms. The molecule has 0 spiro atoms. The zero-order valence-corrected chi connectivity index (χ0v) is 13.5. The van der Waals surface area contributed by atoms with Crippen molar-refractivity contribution in [3.05, 3.63) is 29.3 Å². The number of rotatable bonds is 6. The van der Waals surface area contributed by atoms with Gasteiger partial charge < -0.3 is 10.6 Å². The molecule has 1 amide bonds. The summed E-state index contributed by atoms with van der Waals surface area (Å²) in [6.45, 7) is 1.76. The number of halogens is 2. The average molecular weight is 354 g/mol. The molecule has 1 heterocycles. The molecule has 118 valence electrons. The van der Waals surface area contributed by atoms with Crippen LogP contribution in [0.15, 0.2) is 29.2 Å². The Morgan fingerprint density at radius 2 is 2.05 bits per heavy atom. The minimum Gasteiger partial charge on any atom is -0.354 e. The maximum atomic E-state index is 11.9. The highest BCUT2D eigenvalue weighted by Gasteiger charge is 2.24. The first kappa shape index (κ1) is 18.2. The third-order valence-electron chi connectivity index (χ3n) is 2.97. The van der Waals surface area contributed by atoms with E-state index in [1.165, 1.54) is 12.1 Å². The SMILES string of the molecule is Cl.O=C(NCCNS(=O)(=O)c1cccc(Cl)c1)C1CNC1. The van der Waals surface area contributed by atoms with Gasteiger partial charge in [0, 0.05) is 31.2 Å². The lowest BCUT2D eigenvalue weighted by atomic mass is 10.0. The van der Waals surface area contributed by atoms with Gasteiger partial charge in [0.05, 0.1) is 10.8 Å². The lowest BCUT2D eigenvalue weighted by molar-refractivity contribution is -0.126. The van der Waals surface area contributed by atoms with Gasteiger partial charge in [-0.1, -0.05) is 17.7 Å². The van der Waals surface area contributed by atoms with Gasteiger partial charge in [-0.15, -0.1) is 12.4 Å². The number of hydrogen-bond donors (Lipinski definition) is 3. The topological polar surface area (TPSA) is 87.3 Å². The second kappa shape index (κ2) is 7.95. The molecule has 6 nitrogen and oxygen atoms in total. The molecule has 0 radical (unpaired) electrons. The summed E-state index contributed by atoms with van der Waals surface area (Å²) in [6, 6.07) is 6.02. The molecule has 9 heteroatoms. The summed E-state index contributed by atoms with van der Waals surface area (Å²) >= 11 is 5.76. The molecule has 1 saturated heterocycles. The highest BCUT2D eigenvalue weighted by Crippen LogP contribution is 2.14. The number of sulfonamides is 1. The molecule has 1 aromatic rings. The maximum Gasteiger partial charge on any atom is 0.240 e. The maximum absolute atomic E-state index is 11.9. The Hall–Kier alpha value is -0.860. The summed E-state index contributed by atoms with van der Waals surface area (Å²) in [6.07, 6.45) is 0. The van der Waals surface area contributed by atoms with E-state index in [0.29, 0.717) is 18.1 Å². The number of amides is 1. The van der Waals surface area contributed by atoms with Crippen molar-refractivity contribution in [2.75, 3.05) is 26.2 Å². The number of benzene rings is 1. The third-order valence-corrected chi connectivity index (χ3v) is 4.67. The lowest BCUT2D eigenvalue weighted by Gasteiger charge is -2.25. The van der Waals surface area contributed by atoms with E-state index < -0.39 is 10.0 Å². The van der Waals surface area contributed by atoms with Crippen molar-refractivity contribution < 1.29 is 13.2 Å². The van der Waals surface area contributed by atoms with Gasteiger partial charge in [-0.2, -0.15) is 0 Å². The molecule has 3 N–H and O–H groups in total. The van der Waals surface area contributed by atoms with Gasteiger partial charge in [0.1, 0.15) is 0 Å². The zero-order valence-electron chi connectivity index (χ0n) is 11.1. The molecule has 0 atom stereocenters. The van der Waals surface area contributed by atoms with Crippen LogP contribution < -0.4 is 15.4 Å². The van der Waals surface area contributed by atoms with E-state index in [-0.39, 0.29) is 42.2 Å². The standard InChI is InChI=1S/C12H16ClN3O3S.ClH/c13-10-2-1-3-11(6-10)20(18,19)16-5-4-15-12(17)9-7-14-8-9;/h1-3,6,9,14,16H,4-5,7-8H2,(H,15,17);1H. The van der Waals surface area contributed by atoms with Crippen molar-refractivity contribution >= 4 is 39.9 Å². The zero-order chi connectivity index (χ0) is 14.6. The minimum atomic E-state index is -3.59. The first-order valence-corrected chi connectivity index (χ1v) is 8.09. The highest BCUT2D eigenvalue weighted by atomic mass is 35.5. The van der Waals surface area contributed by atoms with E-state index in [1.807, 2.05) is 0 Å². The van der Waals surface area contributed by atoms with Crippen LogP contribution in [0, 0.1) is 5.92 Å². The van der Waals surface area contributed by atoms with Crippen molar-refractivity contribution in [1.29, 1.82) is 0 Å². The van der Waals surface area contributed by atoms with Gasteiger partial charge in [-0.05, 0) is 18.2 Å². The van der Waals surface area contributed by atoms with E-state index >= 15 is 0 Å². The van der Waals surface area contributed by atoms with Crippen LogP contribution in [0.25, 0.3) is 0 Å². The Labute approximate surface area is 135 Å². The number of hydrogen-bond acceptors (Lipinski definition) is 4. The van der Waals surface area contributed by atoms with E-state index in [1.54, 1.807) is 12.1 Å². The Morgan fingerprint density at radius 3 is 2.62 bits per heavy atom. The summed E-state index contributed by atoms with van der Waals surface area (Å²) in [7, 11) is -3.59. The van der Waals surface area contributed by atoms with Crippen LogP contribution in [0.5, 0.6) is 0 Å². The van der Waals surface area contributed by atoms with Crippen molar-refractivity contribution in [2.24, 2.45) is 5.92 Å². The van der Waals surface area contributed by atoms with Crippen molar-refractivity contribution in [2.45, 2.75) is 4.90 Å². The van der Waals surface area contributed by atoms with Crippen molar-refractivity contribution in [1.82, 2.24) is 15.4 Å².